The summed E-state index contributed by atoms with van der Waals surface area (Å²) in [5.41, 5.74) is 1.84. The number of para-hydroxylation sites is 1. The van der Waals surface area contributed by atoms with Crippen molar-refractivity contribution in [2.24, 2.45) is 0 Å². The van der Waals surface area contributed by atoms with Crippen LogP contribution in [0.2, 0.25) is 0 Å². The number of amides is 1. The van der Waals surface area contributed by atoms with Crippen LogP contribution in [-0.2, 0) is 0 Å². The van der Waals surface area contributed by atoms with E-state index in [1.54, 1.807) is 12.1 Å². The molecule has 1 amide bonds. The molecule has 0 bridgehead atoms. The summed E-state index contributed by atoms with van der Waals surface area (Å²) in [5, 5.41) is 6.01. The van der Waals surface area contributed by atoms with Crippen LogP contribution in [0, 0.1) is 5.82 Å². The number of nitrogens with one attached hydrogen (secondary N) is 2. The molecule has 0 radical (unpaired) electrons. The molecule has 110 valence electrons. The highest BCUT2D eigenvalue weighted by Gasteiger charge is 2.13. The van der Waals surface area contributed by atoms with Crippen molar-refractivity contribution in [2.45, 2.75) is 19.9 Å². The molecular weight excluding hydrogens is 335 g/mol. The topological polar surface area (TPSA) is 41.1 Å². The van der Waals surface area contributed by atoms with Gasteiger partial charge in [-0.1, -0.05) is 12.1 Å². The minimum atomic E-state index is -0.359. The van der Waals surface area contributed by atoms with E-state index in [0.29, 0.717) is 15.7 Å². The lowest BCUT2D eigenvalue weighted by molar-refractivity contribution is 0.102. The van der Waals surface area contributed by atoms with E-state index in [2.05, 4.69) is 26.6 Å². The molecule has 2 N–H and O–H groups in total. The Morgan fingerprint density at radius 3 is 2.52 bits per heavy atom. The monoisotopic (exact) mass is 350 g/mol. The second kappa shape index (κ2) is 6.72. The average molecular weight is 351 g/mol. The zero-order chi connectivity index (χ0) is 15.4. The van der Waals surface area contributed by atoms with Crippen LogP contribution >= 0.6 is 15.9 Å². The lowest BCUT2D eigenvalue weighted by Crippen LogP contribution is -2.17. The zero-order valence-electron chi connectivity index (χ0n) is 11.8. The Bertz CT molecular complexity index is 658. The molecule has 3 nitrogen and oxygen atoms in total. The van der Waals surface area contributed by atoms with Crippen molar-refractivity contribution >= 4 is 33.2 Å². The first-order valence-electron chi connectivity index (χ1n) is 6.59. The second-order valence-electron chi connectivity index (χ2n) is 4.92. The van der Waals surface area contributed by atoms with Gasteiger partial charge in [-0.2, -0.15) is 0 Å². The molecule has 2 aromatic rings. The Balaban J connectivity index is 2.24. The molecule has 0 atom stereocenters. The summed E-state index contributed by atoms with van der Waals surface area (Å²) < 4.78 is 13.6. The van der Waals surface area contributed by atoms with Gasteiger partial charge in [-0.15, -0.1) is 0 Å². The number of anilines is 2. The first-order valence-corrected chi connectivity index (χ1v) is 7.38. The van der Waals surface area contributed by atoms with E-state index >= 15 is 0 Å². The van der Waals surface area contributed by atoms with Crippen molar-refractivity contribution in [3.63, 3.8) is 0 Å². The number of carbonyl (C=O) groups excluding carboxylic acids is 1. The molecule has 0 aliphatic rings. The minimum absolute atomic E-state index is 0.219. The number of halogens is 2. The van der Waals surface area contributed by atoms with Gasteiger partial charge in [0.05, 0.1) is 11.3 Å². The summed E-state index contributed by atoms with van der Waals surface area (Å²) in [4.78, 5) is 12.4. The third-order valence-corrected chi connectivity index (χ3v) is 3.45. The van der Waals surface area contributed by atoms with Gasteiger partial charge < -0.3 is 10.6 Å². The largest absolute Gasteiger partial charge is 0.382 e. The summed E-state index contributed by atoms with van der Waals surface area (Å²) in [7, 11) is 0. The number of hydrogen-bond acceptors (Lipinski definition) is 2. The average Bonchev–Trinajstić information content (AvgIpc) is 2.42. The fourth-order valence-corrected chi connectivity index (χ4v) is 2.35. The standard InChI is InChI=1S/C16H16BrFN2O/c1-10(2)19-14-6-4-3-5-12(14)16(21)20-15-8-7-11(18)9-13(15)17/h3-10,19H,1-2H3,(H,20,21). The smallest absolute Gasteiger partial charge is 0.257 e. The minimum Gasteiger partial charge on any atom is -0.382 e. The summed E-state index contributed by atoms with van der Waals surface area (Å²) in [6.07, 6.45) is 0. The molecule has 0 fully saturated rings. The van der Waals surface area contributed by atoms with E-state index in [1.807, 2.05) is 26.0 Å². The van der Waals surface area contributed by atoms with Gasteiger partial charge in [-0.3, -0.25) is 4.79 Å². The molecular formula is C16H16BrFN2O. The van der Waals surface area contributed by atoms with Gasteiger partial charge in [0, 0.05) is 16.2 Å². The van der Waals surface area contributed by atoms with Crippen LogP contribution in [-0.4, -0.2) is 11.9 Å². The molecule has 0 heterocycles. The molecule has 0 aromatic heterocycles. The van der Waals surface area contributed by atoms with Gasteiger partial charge in [0.25, 0.3) is 5.91 Å². The van der Waals surface area contributed by atoms with E-state index in [1.165, 1.54) is 18.2 Å². The maximum absolute atomic E-state index is 13.1. The maximum Gasteiger partial charge on any atom is 0.257 e. The van der Waals surface area contributed by atoms with Crippen molar-refractivity contribution in [1.82, 2.24) is 0 Å². The molecule has 5 heteroatoms. The van der Waals surface area contributed by atoms with E-state index in [-0.39, 0.29) is 17.8 Å². The second-order valence-corrected chi connectivity index (χ2v) is 5.78. The Hall–Kier alpha value is -1.88. The number of hydrogen-bond donors (Lipinski definition) is 2. The molecule has 0 aliphatic heterocycles. The predicted molar refractivity (Wildman–Crippen MR) is 87.3 cm³/mol. The van der Waals surface area contributed by atoms with Crippen LogP contribution in [0.1, 0.15) is 24.2 Å². The van der Waals surface area contributed by atoms with E-state index in [4.69, 9.17) is 0 Å². The van der Waals surface area contributed by atoms with E-state index in [0.717, 1.165) is 5.69 Å². The predicted octanol–water partition coefficient (Wildman–Crippen LogP) is 4.66. The maximum atomic E-state index is 13.1. The van der Waals surface area contributed by atoms with E-state index in [9.17, 15) is 9.18 Å². The van der Waals surface area contributed by atoms with Gasteiger partial charge in [-0.25, -0.2) is 4.39 Å². The van der Waals surface area contributed by atoms with Gasteiger partial charge in [0.1, 0.15) is 5.82 Å². The third-order valence-electron chi connectivity index (χ3n) is 2.80. The van der Waals surface area contributed by atoms with Crippen LogP contribution in [0.4, 0.5) is 15.8 Å². The van der Waals surface area contributed by atoms with Gasteiger partial charge in [0.15, 0.2) is 0 Å². The fourth-order valence-electron chi connectivity index (χ4n) is 1.90. The van der Waals surface area contributed by atoms with Crippen molar-refractivity contribution in [3.05, 3.63) is 58.3 Å². The summed E-state index contributed by atoms with van der Waals surface area (Å²) >= 11 is 3.24. The van der Waals surface area contributed by atoms with E-state index < -0.39 is 0 Å². The molecule has 2 aromatic carbocycles. The van der Waals surface area contributed by atoms with Crippen molar-refractivity contribution in [2.75, 3.05) is 10.6 Å². The molecule has 2 rings (SSSR count). The van der Waals surface area contributed by atoms with Gasteiger partial charge in [-0.05, 0) is 60.1 Å². The van der Waals surface area contributed by atoms with Crippen molar-refractivity contribution < 1.29 is 9.18 Å². The van der Waals surface area contributed by atoms with Crippen LogP contribution < -0.4 is 10.6 Å². The molecule has 0 saturated carbocycles. The first-order chi connectivity index (χ1) is 9.97. The molecule has 21 heavy (non-hydrogen) atoms. The Morgan fingerprint density at radius 1 is 1.14 bits per heavy atom. The Morgan fingerprint density at radius 2 is 1.86 bits per heavy atom. The summed E-state index contributed by atoms with van der Waals surface area (Å²) in [5.74, 6) is -0.604. The SMILES string of the molecule is CC(C)Nc1ccccc1C(=O)Nc1ccc(F)cc1Br. The Kier molecular flexibility index (Phi) is 4.96. The molecule has 0 aliphatic carbocycles. The van der Waals surface area contributed by atoms with Gasteiger partial charge >= 0.3 is 0 Å². The third kappa shape index (κ3) is 4.04. The van der Waals surface area contributed by atoms with Crippen LogP contribution in [0.15, 0.2) is 46.9 Å². The lowest BCUT2D eigenvalue weighted by atomic mass is 10.1. The lowest BCUT2D eigenvalue weighted by Gasteiger charge is -2.15. The van der Waals surface area contributed by atoms with Crippen molar-refractivity contribution in [1.29, 1.82) is 0 Å². The molecule has 0 spiro atoms. The van der Waals surface area contributed by atoms with Crippen LogP contribution in [0.25, 0.3) is 0 Å². The normalized spacial score (nSPS) is 10.5. The molecule has 0 unspecified atom stereocenters. The molecule has 0 saturated heterocycles. The van der Waals surface area contributed by atoms with Crippen LogP contribution in [0.5, 0.6) is 0 Å². The van der Waals surface area contributed by atoms with Crippen molar-refractivity contribution in [3.8, 4) is 0 Å². The summed E-state index contributed by atoms with van der Waals surface area (Å²) in [6.45, 7) is 4.01. The number of carbonyl (C=O) groups is 1. The number of benzene rings is 2. The first kappa shape index (κ1) is 15.5. The highest BCUT2D eigenvalue weighted by molar-refractivity contribution is 9.10. The zero-order valence-corrected chi connectivity index (χ0v) is 13.4. The quantitative estimate of drug-likeness (QED) is 0.841. The highest BCUT2D eigenvalue weighted by Crippen LogP contribution is 2.25. The highest BCUT2D eigenvalue weighted by atomic mass is 79.9. The van der Waals surface area contributed by atoms with Crippen LogP contribution in [0.3, 0.4) is 0 Å². The number of rotatable bonds is 4. The Labute approximate surface area is 131 Å². The van der Waals surface area contributed by atoms with Gasteiger partial charge in [0.2, 0.25) is 0 Å². The fraction of sp³-hybridized carbons (Fsp3) is 0.188. The summed E-state index contributed by atoms with van der Waals surface area (Å²) in [6, 6.07) is 11.6.